The zero-order chi connectivity index (χ0) is 18.5. The number of imidazole rings is 1. The number of oxime groups is 1. The number of aromatic carboxylic acids is 1. The van der Waals surface area contributed by atoms with E-state index in [0.29, 0.717) is 22.6 Å². The van der Waals surface area contributed by atoms with Gasteiger partial charge in [-0.25, -0.2) is 14.8 Å². The van der Waals surface area contributed by atoms with Crippen LogP contribution in [0.5, 0.6) is 0 Å². The van der Waals surface area contributed by atoms with E-state index in [1.807, 2.05) is 42.5 Å². The van der Waals surface area contributed by atoms with Crippen molar-refractivity contribution < 1.29 is 15.1 Å². The summed E-state index contributed by atoms with van der Waals surface area (Å²) in [7, 11) is 0. The van der Waals surface area contributed by atoms with Gasteiger partial charge in [0.25, 0.3) is 0 Å². The minimum atomic E-state index is -1.10. The van der Waals surface area contributed by atoms with Crippen LogP contribution in [0.2, 0.25) is 0 Å². The molecule has 4 aromatic rings. The number of aromatic amines is 1. The molecule has 0 unspecified atom stereocenters. The third-order valence-corrected chi connectivity index (χ3v) is 4.71. The molecular weight excluding hydrogens is 344 g/mol. The topological polar surface area (TPSA) is 111 Å². The second-order valence-corrected chi connectivity index (χ2v) is 6.20. The summed E-state index contributed by atoms with van der Waals surface area (Å²) in [6.45, 7) is 0. The van der Waals surface area contributed by atoms with Crippen molar-refractivity contribution in [1.29, 1.82) is 0 Å². The monoisotopic (exact) mass is 356 g/mol. The first-order valence-electron chi connectivity index (χ1n) is 8.22. The molecule has 7 nitrogen and oxygen atoms in total. The molecule has 0 radical (unpaired) electrons. The fraction of sp³-hybridized carbons (Fsp3) is 0. The van der Waals surface area contributed by atoms with E-state index in [1.165, 1.54) is 12.3 Å². The summed E-state index contributed by atoms with van der Waals surface area (Å²) in [5, 5.41) is 22.1. The van der Waals surface area contributed by atoms with Gasteiger partial charge in [-0.15, -0.1) is 0 Å². The Balaban J connectivity index is 1.77. The van der Waals surface area contributed by atoms with Gasteiger partial charge in [0.05, 0.1) is 17.2 Å². The smallest absolute Gasteiger partial charge is 0.354 e. The molecule has 0 saturated heterocycles. The molecule has 3 N–H and O–H groups in total. The van der Waals surface area contributed by atoms with Gasteiger partial charge < -0.3 is 15.3 Å². The number of benzene rings is 2. The van der Waals surface area contributed by atoms with Crippen LogP contribution in [-0.4, -0.2) is 36.9 Å². The van der Waals surface area contributed by atoms with Crippen LogP contribution in [0.25, 0.3) is 33.5 Å². The highest BCUT2D eigenvalue weighted by atomic mass is 16.4. The molecule has 0 bridgehead atoms. The number of nitrogens with zero attached hydrogens (tertiary/aromatic N) is 3. The predicted molar refractivity (Wildman–Crippen MR) is 99.1 cm³/mol. The van der Waals surface area contributed by atoms with Gasteiger partial charge in [-0.3, -0.25) is 0 Å². The van der Waals surface area contributed by atoms with Crippen molar-refractivity contribution in [2.24, 2.45) is 5.16 Å². The Morgan fingerprint density at radius 2 is 1.74 bits per heavy atom. The molecule has 130 valence electrons. The largest absolute Gasteiger partial charge is 0.477 e. The molecule has 0 spiro atoms. The van der Waals surface area contributed by atoms with Gasteiger partial charge >= 0.3 is 5.97 Å². The van der Waals surface area contributed by atoms with Crippen LogP contribution in [0.1, 0.15) is 21.6 Å². The fourth-order valence-corrected chi connectivity index (χ4v) is 3.55. The van der Waals surface area contributed by atoms with Gasteiger partial charge in [0.15, 0.2) is 0 Å². The Morgan fingerprint density at radius 1 is 1.00 bits per heavy atom. The van der Waals surface area contributed by atoms with Gasteiger partial charge in [0, 0.05) is 22.3 Å². The van der Waals surface area contributed by atoms with Crippen LogP contribution in [0, 0.1) is 0 Å². The minimum Gasteiger partial charge on any atom is -0.477 e. The van der Waals surface area contributed by atoms with E-state index in [4.69, 9.17) is 5.11 Å². The quantitative estimate of drug-likeness (QED) is 0.331. The summed E-state index contributed by atoms with van der Waals surface area (Å²) in [5.41, 5.74) is 6.03. The van der Waals surface area contributed by atoms with Gasteiger partial charge in [-0.05, 0) is 11.6 Å². The molecule has 1 aliphatic carbocycles. The third-order valence-electron chi connectivity index (χ3n) is 4.71. The second-order valence-electron chi connectivity index (χ2n) is 6.20. The SMILES string of the molecule is O=C(O)c1cc2nc(-c3cccc4c3-c3ccccc3C4=NO)[nH]c2cn1. The summed E-state index contributed by atoms with van der Waals surface area (Å²) in [6, 6.07) is 14.9. The van der Waals surface area contributed by atoms with E-state index >= 15 is 0 Å². The summed E-state index contributed by atoms with van der Waals surface area (Å²) < 4.78 is 0. The van der Waals surface area contributed by atoms with Crippen molar-refractivity contribution in [3.05, 3.63) is 71.5 Å². The Hall–Kier alpha value is -4.00. The maximum absolute atomic E-state index is 11.1. The van der Waals surface area contributed by atoms with Crippen LogP contribution in [0.15, 0.2) is 59.9 Å². The average molecular weight is 356 g/mol. The predicted octanol–water partition coefficient (Wildman–Crippen LogP) is 3.53. The van der Waals surface area contributed by atoms with Crippen molar-refractivity contribution in [2.45, 2.75) is 0 Å². The first-order valence-corrected chi connectivity index (χ1v) is 8.22. The van der Waals surface area contributed by atoms with E-state index in [1.54, 1.807) is 0 Å². The van der Waals surface area contributed by atoms with Crippen LogP contribution in [0.4, 0.5) is 0 Å². The number of hydrogen-bond donors (Lipinski definition) is 3. The number of pyridine rings is 1. The minimum absolute atomic E-state index is 0.0566. The fourth-order valence-electron chi connectivity index (χ4n) is 3.55. The molecule has 0 saturated carbocycles. The lowest BCUT2D eigenvalue weighted by atomic mass is 9.99. The zero-order valence-corrected chi connectivity index (χ0v) is 13.8. The highest BCUT2D eigenvalue weighted by Gasteiger charge is 2.28. The Labute approximate surface area is 152 Å². The van der Waals surface area contributed by atoms with Crippen LogP contribution >= 0.6 is 0 Å². The number of hydrogen-bond acceptors (Lipinski definition) is 5. The average Bonchev–Trinajstić information content (AvgIpc) is 3.25. The lowest BCUT2D eigenvalue weighted by molar-refractivity contribution is 0.0690. The van der Waals surface area contributed by atoms with Gasteiger partial charge in [-0.1, -0.05) is 47.6 Å². The van der Waals surface area contributed by atoms with Crippen molar-refractivity contribution in [2.75, 3.05) is 0 Å². The maximum Gasteiger partial charge on any atom is 0.354 e. The number of H-pyrrole nitrogens is 1. The maximum atomic E-state index is 11.1. The molecule has 1 aliphatic rings. The molecular formula is C20H12N4O3. The number of fused-ring (bicyclic) bond motifs is 4. The lowest BCUT2D eigenvalue weighted by Gasteiger charge is -2.06. The van der Waals surface area contributed by atoms with Gasteiger partial charge in [0.1, 0.15) is 17.2 Å². The second kappa shape index (κ2) is 5.50. The normalized spacial score (nSPS) is 13.7. The number of aromatic nitrogens is 3. The first-order chi connectivity index (χ1) is 13.2. The molecule has 2 aromatic carbocycles. The molecule has 2 aromatic heterocycles. The Bertz CT molecular complexity index is 1270. The highest BCUT2D eigenvalue weighted by molar-refractivity contribution is 6.26. The molecule has 0 atom stereocenters. The molecule has 0 fully saturated rings. The molecule has 27 heavy (non-hydrogen) atoms. The summed E-state index contributed by atoms with van der Waals surface area (Å²) in [4.78, 5) is 22.8. The standard InChI is InChI=1S/C20H12N4O3/c25-20(26)15-8-14-16(9-21-15)23-19(22-14)13-7-3-6-12-17(13)10-4-1-2-5-11(10)18(12)24-27/h1-9,27H,(H,22,23)(H,25,26). The summed E-state index contributed by atoms with van der Waals surface area (Å²) in [5.74, 6) is -0.500. The van der Waals surface area contributed by atoms with Crippen molar-refractivity contribution >= 4 is 22.7 Å². The number of nitrogens with one attached hydrogen (secondary N) is 1. The van der Waals surface area contributed by atoms with Crippen LogP contribution < -0.4 is 0 Å². The van der Waals surface area contributed by atoms with Crippen molar-refractivity contribution in [3.63, 3.8) is 0 Å². The number of rotatable bonds is 2. The summed E-state index contributed by atoms with van der Waals surface area (Å²) >= 11 is 0. The van der Waals surface area contributed by atoms with Gasteiger partial charge in [0.2, 0.25) is 0 Å². The lowest BCUT2D eigenvalue weighted by Crippen LogP contribution is -1.98. The van der Waals surface area contributed by atoms with E-state index in [9.17, 15) is 10.0 Å². The third kappa shape index (κ3) is 2.15. The Morgan fingerprint density at radius 3 is 2.52 bits per heavy atom. The first kappa shape index (κ1) is 15.3. The van der Waals surface area contributed by atoms with Crippen LogP contribution in [0.3, 0.4) is 0 Å². The van der Waals surface area contributed by atoms with E-state index in [0.717, 1.165) is 27.8 Å². The van der Waals surface area contributed by atoms with Gasteiger partial charge in [-0.2, -0.15) is 0 Å². The number of carboxylic acid groups (broad SMARTS) is 1. The van der Waals surface area contributed by atoms with E-state index < -0.39 is 5.97 Å². The molecule has 5 rings (SSSR count). The Kier molecular flexibility index (Phi) is 3.11. The number of carbonyl (C=O) groups is 1. The number of carboxylic acids is 1. The van der Waals surface area contributed by atoms with E-state index in [-0.39, 0.29) is 5.69 Å². The zero-order valence-electron chi connectivity index (χ0n) is 13.8. The van der Waals surface area contributed by atoms with Crippen LogP contribution in [-0.2, 0) is 0 Å². The molecule has 2 heterocycles. The summed E-state index contributed by atoms with van der Waals surface area (Å²) in [6.07, 6.45) is 1.47. The van der Waals surface area contributed by atoms with Crippen molar-refractivity contribution in [3.8, 4) is 22.5 Å². The van der Waals surface area contributed by atoms with E-state index in [2.05, 4.69) is 20.1 Å². The molecule has 0 aliphatic heterocycles. The highest BCUT2D eigenvalue weighted by Crippen LogP contribution is 2.42. The molecule has 0 amide bonds. The van der Waals surface area contributed by atoms with Crippen molar-refractivity contribution in [1.82, 2.24) is 15.0 Å². The molecule has 7 heteroatoms.